The van der Waals surface area contributed by atoms with E-state index in [4.69, 9.17) is 21.7 Å². The summed E-state index contributed by atoms with van der Waals surface area (Å²) in [7, 11) is 1.64. The highest BCUT2D eigenvalue weighted by Crippen LogP contribution is 2.28. The average molecular weight is 279 g/mol. The minimum absolute atomic E-state index is 0.472. The zero-order valence-electron chi connectivity index (χ0n) is 11.6. The van der Waals surface area contributed by atoms with E-state index in [1.165, 1.54) is 5.56 Å². The summed E-state index contributed by atoms with van der Waals surface area (Å²) in [6.07, 6.45) is 3.45. The van der Waals surface area contributed by atoms with Gasteiger partial charge in [-0.05, 0) is 31.0 Å². The van der Waals surface area contributed by atoms with Gasteiger partial charge in [0.05, 0.1) is 12.1 Å². The molecular weight excluding hydrogens is 258 g/mol. The molecule has 3 nitrogen and oxygen atoms in total. The lowest BCUT2D eigenvalue weighted by molar-refractivity contribution is 0.326. The maximum absolute atomic E-state index is 5.52. The van der Waals surface area contributed by atoms with E-state index >= 15 is 0 Å². The van der Waals surface area contributed by atoms with Crippen LogP contribution in [-0.2, 0) is 6.42 Å². The molecule has 0 radical (unpaired) electrons. The van der Waals surface area contributed by atoms with Gasteiger partial charge in [0.25, 0.3) is 0 Å². The van der Waals surface area contributed by atoms with Crippen molar-refractivity contribution in [1.29, 1.82) is 0 Å². The van der Waals surface area contributed by atoms with Gasteiger partial charge in [0, 0.05) is 13.0 Å². The largest absolute Gasteiger partial charge is 0.493 e. The standard InChI is InChI=1S/C15H21NO2S/c1-4-10-18-13-8-6-12(11-14(13)17-3)7-9-15(19)16-5-2/h4,6,8,11H,1,5,7,9-10H2,2-3H3,(H,16,19). The third-order valence-corrected chi connectivity index (χ3v) is 2.95. The van der Waals surface area contributed by atoms with Crippen molar-refractivity contribution in [2.45, 2.75) is 19.8 Å². The molecule has 0 aliphatic rings. The number of hydrogen-bond acceptors (Lipinski definition) is 3. The normalized spacial score (nSPS) is 9.79. The number of ether oxygens (including phenoxy) is 2. The highest BCUT2D eigenvalue weighted by atomic mass is 32.1. The van der Waals surface area contributed by atoms with Crippen molar-refractivity contribution in [1.82, 2.24) is 5.32 Å². The lowest BCUT2D eigenvalue weighted by atomic mass is 10.1. The van der Waals surface area contributed by atoms with Crippen LogP contribution in [0.1, 0.15) is 18.9 Å². The molecule has 0 unspecified atom stereocenters. The third-order valence-electron chi connectivity index (χ3n) is 2.60. The topological polar surface area (TPSA) is 30.5 Å². The Morgan fingerprint density at radius 1 is 1.42 bits per heavy atom. The van der Waals surface area contributed by atoms with Crippen molar-refractivity contribution in [3.63, 3.8) is 0 Å². The van der Waals surface area contributed by atoms with Crippen LogP contribution in [0.3, 0.4) is 0 Å². The van der Waals surface area contributed by atoms with Crippen molar-refractivity contribution in [2.75, 3.05) is 20.3 Å². The summed E-state index contributed by atoms with van der Waals surface area (Å²) in [5.41, 5.74) is 1.18. The van der Waals surface area contributed by atoms with Crippen LogP contribution in [0.2, 0.25) is 0 Å². The molecule has 4 heteroatoms. The molecule has 0 fully saturated rings. The number of methoxy groups -OCH3 is 1. The number of hydrogen-bond donors (Lipinski definition) is 1. The van der Waals surface area contributed by atoms with E-state index in [0.717, 1.165) is 35.9 Å². The minimum Gasteiger partial charge on any atom is -0.493 e. The fourth-order valence-electron chi connectivity index (χ4n) is 1.68. The molecule has 0 aliphatic carbocycles. The van der Waals surface area contributed by atoms with Gasteiger partial charge in [0.1, 0.15) is 6.61 Å². The van der Waals surface area contributed by atoms with E-state index in [9.17, 15) is 0 Å². The lowest BCUT2D eigenvalue weighted by Gasteiger charge is -2.11. The molecular formula is C15H21NO2S. The molecule has 0 aromatic heterocycles. The predicted molar refractivity (Wildman–Crippen MR) is 83.3 cm³/mol. The fourth-order valence-corrected chi connectivity index (χ4v) is 1.93. The summed E-state index contributed by atoms with van der Waals surface area (Å²) in [5, 5.41) is 3.15. The van der Waals surface area contributed by atoms with Crippen molar-refractivity contribution in [3.05, 3.63) is 36.4 Å². The Morgan fingerprint density at radius 2 is 2.21 bits per heavy atom. The summed E-state index contributed by atoms with van der Waals surface area (Å²) in [6, 6.07) is 5.95. The molecule has 0 saturated heterocycles. The zero-order valence-corrected chi connectivity index (χ0v) is 12.4. The van der Waals surface area contributed by atoms with Crippen molar-refractivity contribution in [2.24, 2.45) is 0 Å². The van der Waals surface area contributed by atoms with Gasteiger partial charge in [-0.25, -0.2) is 0 Å². The SMILES string of the molecule is C=CCOc1ccc(CCC(=S)NCC)cc1OC. The molecule has 0 bridgehead atoms. The molecule has 1 rings (SSSR count). The van der Waals surface area contributed by atoms with Crippen molar-refractivity contribution < 1.29 is 9.47 Å². The first kappa shape index (κ1) is 15.5. The fraction of sp³-hybridized carbons (Fsp3) is 0.400. The van der Waals surface area contributed by atoms with E-state index in [2.05, 4.69) is 11.9 Å². The highest BCUT2D eigenvalue weighted by molar-refractivity contribution is 7.80. The van der Waals surface area contributed by atoms with Gasteiger partial charge >= 0.3 is 0 Å². The zero-order chi connectivity index (χ0) is 14.1. The Hall–Kier alpha value is -1.55. The third kappa shape index (κ3) is 5.30. The van der Waals surface area contributed by atoms with Crippen LogP contribution in [0, 0.1) is 0 Å². The minimum atomic E-state index is 0.472. The van der Waals surface area contributed by atoms with Crippen LogP contribution < -0.4 is 14.8 Å². The van der Waals surface area contributed by atoms with Crippen molar-refractivity contribution >= 4 is 17.2 Å². The van der Waals surface area contributed by atoms with Gasteiger partial charge in [0.15, 0.2) is 11.5 Å². The molecule has 1 aromatic rings. The van der Waals surface area contributed by atoms with E-state index in [1.54, 1.807) is 13.2 Å². The quantitative estimate of drug-likeness (QED) is 0.585. The van der Waals surface area contributed by atoms with Gasteiger partial charge in [-0.1, -0.05) is 30.9 Å². The smallest absolute Gasteiger partial charge is 0.161 e. The van der Waals surface area contributed by atoms with E-state index in [-0.39, 0.29) is 0 Å². The number of thiocarbonyl (C=S) groups is 1. The summed E-state index contributed by atoms with van der Waals surface area (Å²) < 4.78 is 10.8. The maximum Gasteiger partial charge on any atom is 0.161 e. The van der Waals surface area contributed by atoms with Gasteiger partial charge in [-0.3, -0.25) is 0 Å². The second-order valence-corrected chi connectivity index (χ2v) is 4.53. The number of nitrogens with one attached hydrogen (secondary N) is 1. The Kier molecular flexibility index (Phi) is 6.97. The van der Waals surface area contributed by atoms with Gasteiger partial charge < -0.3 is 14.8 Å². The van der Waals surface area contributed by atoms with Crippen LogP contribution >= 0.6 is 12.2 Å². The molecule has 0 saturated carbocycles. The van der Waals surface area contributed by atoms with Crippen LogP contribution in [0.4, 0.5) is 0 Å². The Balaban J connectivity index is 2.65. The number of rotatable bonds is 8. The van der Waals surface area contributed by atoms with Gasteiger partial charge in [-0.2, -0.15) is 0 Å². The Bertz CT molecular complexity index is 432. The molecule has 1 N–H and O–H groups in total. The Morgan fingerprint density at radius 3 is 2.84 bits per heavy atom. The first-order chi connectivity index (χ1) is 9.21. The predicted octanol–water partition coefficient (Wildman–Crippen LogP) is 3.13. The van der Waals surface area contributed by atoms with Crippen LogP contribution in [0.15, 0.2) is 30.9 Å². The number of aryl methyl sites for hydroxylation is 1. The molecule has 0 amide bonds. The van der Waals surface area contributed by atoms with Crippen LogP contribution in [0.25, 0.3) is 0 Å². The first-order valence-corrected chi connectivity index (χ1v) is 6.79. The maximum atomic E-state index is 5.52. The number of benzene rings is 1. The summed E-state index contributed by atoms with van der Waals surface area (Å²) in [6.45, 7) is 7.01. The summed E-state index contributed by atoms with van der Waals surface area (Å²) in [5.74, 6) is 1.48. The second-order valence-electron chi connectivity index (χ2n) is 4.04. The summed E-state index contributed by atoms with van der Waals surface area (Å²) in [4.78, 5) is 0.897. The average Bonchev–Trinajstić information content (AvgIpc) is 2.43. The first-order valence-electron chi connectivity index (χ1n) is 6.38. The molecule has 104 valence electrons. The highest BCUT2D eigenvalue weighted by Gasteiger charge is 2.06. The van der Waals surface area contributed by atoms with Gasteiger partial charge in [-0.15, -0.1) is 0 Å². The molecule has 0 atom stereocenters. The molecule has 0 aliphatic heterocycles. The Labute approximate surface area is 120 Å². The molecule has 0 heterocycles. The van der Waals surface area contributed by atoms with Crippen molar-refractivity contribution in [3.8, 4) is 11.5 Å². The van der Waals surface area contributed by atoms with Crippen LogP contribution in [0.5, 0.6) is 11.5 Å². The molecule has 1 aromatic carbocycles. The molecule has 19 heavy (non-hydrogen) atoms. The monoisotopic (exact) mass is 279 g/mol. The van der Waals surface area contributed by atoms with E-state index in [1.807, 2.05) is 25.1 Å². The van der Waals surface area contributed by atoms with E-state index in [0.29, 0.717) is 6.61 Å². The molecule has 0 spiro atoms. The second kappa shape index (κ2) is 8.53. The summed E-state index contributed by atoms with van der Waals surface area (Å²) >= 11 is 5.22. The van der Waals surface area contributed by atoms with E-state index < -0.39 is 0 Å². The van der Waals surface area contributed by atoms with Crippen LogP contribution in [-0.4, -0.2) is 25.2 Å². The van der Waals surface area contributed by atoms with Gasteiger partial charge in [0.2, 0.25) is 0 Å². The lowest BCUT2D eigenvalue weighted by Crippen LogP contribution is -2.20.